The van der Waals surface area contributed by atoms with E-state index in [4.69, 9.17) is 16.6 Å². The van der Waals surface area contributed by atoms with Gasteiger partial charge < -0.3 is 10.6 Å². The predicted molar refractivity (Wildman–Crippen MR) is 145 cm³/mol. The van der Waals surface area contributed by atoms with Crippen LogP contribution < -0.4 is 10.6 Å². The summed E-state index contributed by atoms with van der Waals surface area (Å²) in [6.45, 7) is 2.94. The molecule has 1 aliphatic heterocycles. The number of nitrogens with one attached hydrogen (secondary N) is 2. The van der Waals surface area contributed by atoms with Gasteiger partial charge in [-0.1, -0.05) is 29.8 Å². The second-order valence-corrected chi connectivity index (χ2v) is 10.3. The molecule has 0 spiro atoms. The topological polar surface area (TPSA) is 52.9 Å². The first-order valence-electron chi connectivity index (χ1n) is 13.1. The highest BCUT2D eigenvalue weighted by molar-refractivity contribution is 6.33. The van der Waals surface area contributed by atoms with E-state index in [9.17, 15) is 4.39 Å². The summed E-state index contributed by atoms with van der Waals surface area (Å²) < 4.78 is 16.0. The van der Waals surface area contributed by atoms with Crippen LogP contribution in [0.4, 0.5) is 16.0 Å². The zero-order chi connectivity index (χ0) is 24.7. The molecule has 0 atom stereocenters. The Morgan fingerprint density at radius 3 is 2.58 bits per heavy atom. The molecule has 2 aromatic heterocycles. The number of nitrogens with zero attached hydrogens (tertiary/aromatic N) is 3. The average molecular weight is 507 g/mol. The van der Waals surface area contributed by atoms with Crippen LogP contribution in [0.1, 0.15) is 50.5 Å². The number of piperidine rings is 1. The Morgan fingerprint density at radius 1 is 0.972 bits per heavy atom. The Morgan fingerprint density at radius 2 is 1.78 bits per heavy atom. The van der Waals surface area contributed by atoms with Crippen molar-refractivity contribution in [3.8, 4) is 11.3 Å². The molecule has 36 heavy (non-hydrogen) atoms. The van der Waals surface area contributed by atoms with Gasteiger partial charge in [0, 0.05) is 43.1 Å². The molecular formula is C29H34ClFN5+. The quantitative estimate of drug-likeness (QED) is 0.346. The molecule has 2 aliphatic rings. The average Bonchev–Trinajstić information content (AvgIpc) is 2.90. The summed E-state index contributed by atoms with van der Waals surface area (Å²) in [7, 11) is 0. The monoisotopic (exact) mass is 506 g/mol. The van der Waals surface area contributed by atoms with Crippen molar-refractivity contribution in [1.82, 2.24) is 9.97 Å². The predicted octanol–water partition coefficient (Wildman–Crippen LogP) is 6.79. The molecule has 1 aromatic carbocycles. The number of hydrogen-bond donors (Lipinski definition) is 2. The largest absolute Gasteiger partial charge is 0.367 e. The molecular weight excluding hydrogens is 473 g/mol. The van der Waals surface area contributed by atoms with Crippen molar-refractivity contribution in [2.75, 3.05) is 23.7 Å². The Kier molecular flexibility index (Phi) is 8.11. The molecule has 1 aliphatic carbocycles. The van der Waals surface area contributed by atoms with Gasteiger partial charge in [0.1, 0.15) is 36.8 Å². The first-order valence-corrected chi connectivity index (χ1v) is 13.5. The fraction of sp³-hybridized carbons (Fsp3) is 0.414. The summed E-state index contributed by atoms with van der Waals surface area (Å²) in [5.74, 6) is 2.00. The third kappa shape index (κ3) is 6.61. The summed E-state index contributed by atoms with van der Waals surface area (Å²) in [4.78, 5) is 9.28. The van der Waals surface area contributed by atoms with E-state index in [2.05, 4.69) is 26.4 Å². The molecule has 1 saturated heterocycles. The second-order valence-electron chi connectivity index (χ2n) is 9.94. The van der Waals surface area contributed by atoms with Crippen LogP contribution in [0.3, 0.4) is 0 Å². The zero-order valence-corrected chi connectivity index (χ0v) is 21.4. The Labute approximate surface area is 217 Å². The first-order chi connectivity index (χ1) is 17.6. The number of pyridine rings is 2. The van der Waals surface area contributed by atoms with Gasteiger partial charge in [-0.15, -0.1) is 0 Å². The van der Waals surface area contributed by atoms with E-state index in [1.165, 1.54) is 57.3 Å². The Balaban J connectivity index is 1.21. The van der Waals surface area contributed by atoms with E-state index in [-0.39, 0.29) is 5.82 Å². The van der Waals surface area contributed by atoms with E-state index in [1.807, 2.05) is 30.3 Å². The van der Waals surface area contributed by atoms with E-state index < -0.39 is 0 Å². The van der Waals surface area contributed by atoms with E-state index >= 15 is 0 Å². The lowest BCUT2D eigenvalue weighted by Crippen LogP contribution is -2.30. The lowest BCUT2D eigenvalue weighted by molar-refractivity contribution is -0.535. The molecule has 2 fully saturated rings. The molecule has 0 bridgehead atoms. The number of hydrogen-bond acceptors (Lipinski definition) is 4. The third-order valence-electron chi connectivity index (χ3n) is 7.18. The fourth-order valence-corrected chi connectivity index (χ4v) is 5.42. The highest BCUT2D eigenvalue weighted by Gasteiger charge is 2.24. The second kappa shape index (κ2) is 11.8. The minimum atomic E-state index is -0.242. The number of rotatable bonds is 7. The van der Waals surface area contributed by atoms with Crippen LogP contribution in [0.15, 0.2) is 54.7 Å². The van der Waals surface area contributed by atoms with Gasteiger partial charge in [0.2, 0.25) is 0 Å². The van der Waals surface area contributed by atoms with Crippen molar-refractivity contribution in [2.45, 2.75) is 57.5 Å². The molecule has 5 nitrogen and oxygen atoms in total. The maximum atomic E-state index is 13.5. The van der Waals surface area contributed by atoms with Gasteiger partial charge >= 0.3 is 0 Å². The number of anilines is 2. The smallest absolute Gasteiger partial charge is 0.142 e. The maximum absolute atomic E-state index is 13.5. The molecule has 2 N–H and O–H groups in total. The van der Waals surface area contributed by atoms with Gasteiger partial charge in [-0.3, -0.25) is 0 Å². The van der Waals surface area contributed by atoms with Gasteiger partial charge in [0.15, 0.2) is 0 Å². The van der Waals surface area contributed by atoms with Gasteiger partial charge in [-0.05, 0) is 68.0 Å². The van der Waals surface area contributed by atoms with Crippen molar-refractivity contribution in [3.63, 3.8) is 0 Å². The molecule has 3 aromatic rings. The van der Waals surface area contributed by atoms with Crippen LogP contribution in [0.2, 0.25) is 5.02 Å². The highest BCUT2D eigenvalue weighted by Crippen LogP contribution is 2.31. The Bertz CT molecular complexity index is 1200. The van der Waals surface area contributed by atoms with Crippen LogP contribution in [0.5, 0.6) is 0 Å². The summed E-state index contributed by atoms with van der Waals surface area (Å²) >= 11 is 6.53. The van der Waals surface area contributed by atoms with Crippen molar-refractivity contribution in [2.24, 2.45) is 5.92 Å². The number of halogens is 2. The fourth-order valence-electron chi connectivity index (χ4n) is 5.22. The van der Waals surface area contributed by atoms with Crippen LogP contribution >= 0.6 is 11.6 Å². The zero-order valence-electron chi connectivity index (χ0n) is 20.6. The molecule has 7 heteroatoms. The summed E-state index contributed by atoms with van der Waals surface area (Å²) in [6.07, 6.45) is 13.0. The van der Waals surface area contributed by atoms with E-state index in [1.54, 1.807) is 12.3 Å². The summed E-state index contributed by atoms with van der Waals surface area (Å²) in [6, 6.07) is 14.8. The molecule has 0 amide bonds. The van der Waals surface area contributed by atoms with Gasteiger partial charge in [-0.2, -0.15) is 0 Å². The lowest BCUT2D eigenvalue weighted by Gasteiger charge is -2.27. The molecule has 188 valence electrons. The van der Waals surface area contributed by atoms with E-state index in [0.29, 0.717) is 29.3 Å². The molecule has 0 radical (unpaired) electrons. The first kappa shape index (κ1) is 24.7. The van der Waals surface area contributed by atoms with Crippen molar-refractivity contribution >= 4 is 29.5 Å². The summed E-state index contributed by atoms with van der Waals surface area (Å²) in [5, 5.41) is 7.47. The molecule has 5 rings (SSSR count). The van der Waals surface area contributed by atoms with Crippen LogP contribution in [0, 0.1) is 11.7 Å². The summed E-state index contributed by atoms with van der Waals surface area (Å²) in [5.41, 5.74) is 2.48. The molecule has 3 heterocycles. The SMILES string of the molecule is Fc1cccc(CNc2cccc(-c3cc(NC4CCC(C=[N+]5CCCCC5)CC4)ncc3Cl)n2)c1. The normalized spacial score (nSPS) is 20.1. The van der Waals surface area contributed by atoms with Gasteiger partial charge in [0.05, 0.1) is 10.7 Å². The van der Waals surface area contributed by atoms with Crippen molar-refractivity contribution < 1.29 is 8.97 Å². The van der Waals surface area contributed by atoms with Crippen LogP contribution in [-0.2, 0) is 6.54 Å². The van der Waals surface area contributed by atoms with E-state index in [0.717, 1.165) is 35.5 Å². The maximum Gasteiger partial charge on any atom is 0.142 e. The highest BCUT2D eigenvalue weighted by atomic mass is 35.5. The number of benzene rings is 1. The number of aromatic nitrogens is 2. The third-order valence-corrected chi connectivity index (χ3v) is 7.48. The van der Waals surface area contributed by atoms with Gasteiger partial charge in [-0.25, -0.2) is 18.9 Å². The van der Waals surface area contributed by atoms with Crippen molar-refractivity contribution in [1.29, 1.82) is 0 Å². The lowest BCUT2D eigenvalue weighted by atomic mass is 9.86. The minimum absolute atomic E-state index is 0.242. The standard InChI is InChI=1S/C29H34ClFN5/c30-26-19-33-29(34-24-12-10-21(11-13-24)20-36-14-2-1-3-15-36)17-25(26)27-8-5-9-28(35-27)32-18-22-6-4-7-23(31)16-22/h4-9,16-17,19-21,24H,1-3,10-15,18H2,(H,32,35)(H,33,34)/q+1. The molecule has 1 saturated carbocycles. The van der Waals surface area contributed by atoms with Gasteiger partial charge in [0.25, 0.3) is 0 Å². The van der Waals surface area contributed by atoms with Crippen LogP contribution in [-0.4, -0.2) is 39.9 Å². The van der Waals surface area contributed by atoms with Crippen molar-refractivity contribution in [3.05, 3.63) is 71.1 Å². The minimum Gasteiger partial charge on any atom is -0.367 e. The Hall–Kier alpha value is -2.99. The van der Waals surface area contributed by atoms with Crippen LogP contribution in [0.25, 0.3) is 11.3 Å². The molecule has 0 unspecified atom stereocenters.